The lowest BCUT2D eigenvalue weighted by Crippen LogP contribution is -2.17. The molecule has 1 aromatic heterocycles. The van der Waals surface area contributed by atoms with Gasteiger partial charge in [0.1, 0.15) is 5.82 Å². The van der Waals surface area contributed by atoms with Gasteiger partial charge in [0.15, 0.2) is 11.6 Å². The van der Waals surface area contributed by atoms with E-state index in [0.29, 0.717) is 18.3 Å². The van der Waals surface area contributed by atoms with Crippen LogP contribution >= 0.6 is 0 Å². The molecule has 1 saturated carbocycles. The minimum atomic E-state index is -0.317. The van der Waals surface area contributed by atoms with Gasteiger partial charge in [-0.15, -0.1) is 0 Å². The molecule has 2 aromatic rings. The molecule has 1 aliphatic rings. The largest absolute Gasteiger partial charge is 0.490 e. The predicted octanol–water partition coefficient (Wildman–Crippen LogP) is 4.42. The Morgan fingerprint density at radius 3 is 2.85 bits per heavy atom. The number of hydrogen-bond donors (Lipinski definition) is 1. The number of aromatic amines is 1. The summed E-state index contributed by atoms with van der Waals surface area (Å²) in [7, 11) is 0. The first-order valence-corrected chi connectivity index (χ1v) is 7.32. The van der Waals surface area contributed by atoms with Gasteiger partial charge in [-0.1, -0.05) is 20.8 Å². The molecule has 4 heteroatoms. The zero-order valence-corrected chi connectivity index (χ0v) is 12.3. The van der Waals surface area contributed by atoms with Crippen molar-refractivity contribution >= 4 is 11.0 Å². The Hall–Kier alpha value is -1.58. The van der Waals surface area contributed by atoms with Gasteiger partial charge in [-0.3, -0.25) is 0 Å². The van der Waals surface area contributed by atoms with Gasteiger partial charge >= 0.3 is 0 Å². The van der Waals surface area contributed by atoms with E-state index < -0.39 is 0 Å². The molecule has 0 amide bonds. The van der Waals surface area contributed by atoms with Crippen molar-refractivity contribution in [1.82, 2.24) is 9.97 Å². The number of rotatable bonds is 5. The van der Waals surface area contributed by atoms with Crippen molar-refractivity contribution in [2.75, 3.05) is 6.61 Å². The highest BCUT2D eigenvalue weighted by Gasteiger charge is 2.24. The molecular weight excluding hydrogens is 255 g/mol. The Balaban J connectivity index is 0.00000161. The van der Waals surface area contributed by atoms with Crippen LogP contribution in [0.5, 0.6) is 5.75 Å². The van der Waals surface area contributed by atoms with E-state index in [0.717, 1.165) is 23.3 Å². The van der Waals surface area contributed by atoms with E-state index in [1.54, 1.807) is 6.07 Å². The van der Waals surface area contributed by atoms with Crippen molar-refractivity contribution in [2.45, 2.75) is 45.4 Å². The summed E-state index contributed by atoms with van der Waals surface area (Å²) in [5.41, 5.74) is 1.47. The summed E-state index contributed by atoms with van der Waals surface area (Å²) in [4.78, 5) is 7.82. The summed E-state index contributed by atoms with van der Waals surface area (Å²) < 4.78 is 19.6. The van der Waals surface area contributed by atoms with Gasteiger partial charge < -0.3 is 9.72 Å². The van der Waals surface area contributed by atoms with Crippen molar-refractivity contribution in [3.8, 4) is 5.75 Å². The standard InChI is InChI=1S/C16H21FN2O.H2/c1-4-16(2,3)15-18-12-7-11(17)14(8-13(12)19-15)20-9-10-5-6-10;/h7-8,10H,4-6,9H2,1-3H3,(H,18,19);1H. The first kappa shape index (κ1) is 13.4. The predicted molar refractivity (Wildman–Crippen MR) is 79.7 cm³/mol. The summed E-state index contributed by atoms with van der Waals surface area (Å²) in [6.07, 6.45) is 3.36. The lowest BCUT2D eigenvalue weighted by Gasteiger charge is -2.18. The second-order valence-electron chi connectivity index (χ2n) is 6.38. The van der Waals surface area contributed by atoms with E-state index in [4.69, 9.17) is 4.74 Å². The van der Waals surface area contributed by atoms with Gasteiger partial charge in [-0.25, -0.2) is 9.37 Å². The van der Waals surface area contributed by atoms with Crippen molar-refractivity contribution in [1.29, 1.82) is 0 Å². The van der Waals surface area contributed by atoms with Crippen LogP contribution in [0.1, 0.15) is 47.3 Å². The molecule has 1 heterocycles. The molecule has 0 saturated heterocycles. The summed E-state index contributed by atoms with van der Waals surface area (Å²) >= 11 is 0. The fraction of sp³-hybridized carbons (Fsp3) is 0.562. The summed E-state index contributed by atoms with van der Waals surface area (Å²) in [5, 5.41) is 0. The Morgan fingerprint density at radius 2 is 2.20 bits per heavy atom. The Labute approximate surface area is 120 Å². The molecule has 1 aliphatic carbocycles. The van der Waals surface area contributed by atoms with Crippen LogP contribution < -0.4 is 4.74 Å². The van der Waals surface area contributed by atoms with E-state index in [1.807, 2.05) is 0 Å². The molecule has 0 atom stereocenters. The summed E-state index contributed by atoms with van der Waals surface area (Å²) in [6, 6.07) is 3.19. The number of benzene rings is 1. The topological polar surface area (TPSA) is 37.9 Å². The van der Waals surface area contributed by atoms with Crippen LogP contribution in [0, 0.1) is 11.7 Å². The minimum Gasteiger partial charge on any atom is -0.490 e. The van der Waals surface area contributed by atoms with Crippen LogP contribution in [0.2, 0.25) is 0 Å². The molecule has 0 bridgehead atoms. The van der Waals surface area contributed by atoms with Gasteiger partial charge in [-0.05, 0) is 25.2 Å². The first-order chi connectivity index (χ1) is 9.49. The summed E-state index contributed by atoms with van der Waals surface area (Å²) in [5.74, 6) is 1.51. The molecule has 1 aromatic carbocycles. The molecule has 3 rings (SSSR count). The van der Waals surface area contributed by atoms with Crippen molar-refractivity contribution in [2.24, 2.45) is 5.92 Å². The van der Waals surface area contributed by atoms with E-state index in [1.165, 1.54) is 18.9 Å². The molecule has 0 radical (unpaired) electrons. The number of H-pyrrole nitrogens is 1. The van der Waals surface area contributed by atoms with Crippen LogP contribution in [0.15, 0.2) is 12.1 Å². The third-order valence-corrected chi connectivity index (χ3v) is 4.23. The number of nitrogens with zero attached hydrogens (tertiary/aromatic N) is 1. The number of nitrogens with one attached hydrogen (secondary N) is 1. The SMILES string of the molecule is CCC(C)(C)c1nc2cc(OCC3CC3)c(F)cc2[nH]1.[HH]. The lowest BCUT2D eigenvalue weighted by atomic mass is 9.90. The van der Waals surface area contributed by atoms with Crippen molar-refractivity contribution in [3.05, 3.63) is 23.8 Å². The smallest absolute Gasteiger partial charge is 0.167 e. The normalized spacial score (nSPS) is 15.8. The lowest BCUT2D eigenvalue weighted by molar-refractivity contribution is 0.286. The van der Waals surface area contributed by atoms with Gasteiger partial charge in [0.2, 0.25) is 0 Å². The monoisotopic (exact) mass is 278 g/mol. The minimum absolute atomic E-state index is 0. The molecule has 0 aliphatic heterocycles. The quantitative estimate of drug-likeness (QED) is 0.879. The van der Waals surface area contributed by atoms with Gasteiger partial charge in [0.25, 0.3) is 0 Å². The Kier molecular flexibility index (Phi) is 3.19. The third-order valence-electron chi connectivity index (χ3n) is 4.23. The van der Waals surface area contributed by atoms with Gasteiger partial charge in [0, 0.05) is 19.0 Å². The average Bonchev–Trinajstić information content (AvgIpc) is 3.15. The molecule has 0 spiro atoms. The molecule has 1 fully saturated rings. The van der Waals surface area contributed by atoms with Crippen molar-refractivity contribution < 1.29 is 10.6 Å². The zero-order valence-electron chi connectivity index (χ0n) is 12.3. The second-order valence-corrected chi connectivity index (χ2v) is 6.38. The highest BCUT2D eigenvalue weighted by Crippen LogP contribution is 2.32. The van der Waals surface area contributed by atoms with E-state index >= 15 is 0 Å². The highest BCUT2D eigenvalue weighted by atomic mass is 19.1. The van der Waals surface area contributed by atoms with Crippen LogP contribution in [-0.2, 0) is 5.41 Å². The fourth-order valence-electron chi connectivity index (χ4n) is 2.10. The van der Waals surface area contributed by atoms with Gasteiger partial charge in [0.05, 0.1) is 17.6 Å². The van der Waals surface area contributed by atoms with Crippen LogP contribution in [0.25, 0.3) is 11.0 Å². The highest BCUT2D eigenvalue weighted by molar-refractivity contribution is 5.77. The van der Waals surface area contributed by atoms with Crippen LogP contribution in [0.4, 0.5) is 4.39 Å². The fourth-order valence-corrected chi connectivity index (χ4v) is 2.10. The molecule has 3 nitrogen and oxygen atoms in total. The molecule has 20 heavy (non-hydrogen) atoms. The number of hydrogen-bond acceptors (Lipinski definition) is 2. The molecule has 1 N–H and O–H groups in total. The van der Waals surface area contributed by atoms with Crippen LogP contribution in [-0.4, -0.2) is 16.6 Å². The number of imidazole rings is 1. The maximum Gasteiger partial charge on any atom is 0.167 e. The second kappa shape index (κ2) is 4.76. The molecule has 110 valence electrons. The van der Waals surface area contributed by atoms with E-state index in [2.05, 4.69) is 30.7 Å². The maximum atomic E-state index is 14.0. The maximum absolute atomic E-state index is 14.0. The zero-order chi connectivity index (χ0) is 14.3. The summed E-state index contributed by atoms with van der Waals surface area (Å²) in [6.45, 7) is 7.00. The third kappa shape index (κ3) is 2.51. The Morgan fingerprint density at radius 1 is 1.45 bits per heavy atom. The van der Waals surface area contributed by atoms with E-state index in [9.17, 15) is 4.39 Å². The number of aromatic nitrogens is 2. The Bertz CT molecular complexity index is 634. The molecular formula is C16H23FN2O. The van der Waals surface area contributed by atoms with E-state index in [-0.39, 0.29) is 12.7 Å². The first-order valence-electron chi connectivity index (χ1n) is 7.32. The van der Waals surface area contributed by atoms with Crippen LogP contribution in [0.3, 0.4) is 0 Å². The number of fused-ring (bicyclic) bond motifs is 1. The van der Waals surface area contributed by atoms with Crippen molar-refractivity contribution in [3.63, 3.8) is 0 Å². The number of halogens is 1. The average molecular weight is 278 g/mol. The number of ether oxygens (including phenoxy) is 1. The van der Waals surface area contributed by atoms with Gasteiger partial charge in [-0.2, -0.15) is 0 Å². The molecule has 0 unspecified atom stereocenters.